The molecule has 1 atom stereocenters. The third-order valence-electron chi connectivity index (χ3n) is 4.09. The van der Waals surface area contributed by atoms with Crippen molar-refractivity contribution >= 4 is 5.91 Å². The molecule has 6 nitrogen and oxygen atoms in total. The van der Waals surface area contributed by atoms with Crippen molar-refractivity contribution in [3.8, 4) is 0 Å². The number of aryl methyl sites for hydroxylation is 1. The summed E-state index contributed by atoms with van der Waals surface area (Å²) in [5, 5.41) is 4.42. The van der Waals surface area contributed by atoms with Crippen molar-refractivity contribution in [2.75, 3.05) is 13.1 Å². The predicted molar refractivity (Wildman–Crippen MR) is 81.2 cm³/mol. The Morgan fingerprint density at radius 2 is 1.95 bits per heavy atom. The maximum atomic E-state index is 12.2. The lowest BCUT2D eigenvalue weighted by atomic mass is 9.96. The van der Waals surface area contributed by atoms with Crippen LogP contribution in [0, 0.1) is 5.92 Å². The van der Waals surface area contributed by atoms with Gasteiger partial charge in [-0.25, -0.2) is 9.48 Å². The van der Waals surface area contributed by atoms with E-state index in [1.165, 1.54) is 4.68 Å². The maximum Gasteiger partial charge on any atom is 0.345 e. The van der Waals surface area contributed by atoms with Gasteiger partial charge < -0.3 is 4.90 Å². The first kappa shape index (κ1) is 15.8. The highest BCUT2D eigenvalue weighted by atomic mass is 16.2. The van der Waals surface area contributed by atoms with Crippen molar-refractivity contribution in [2.45, 2.75) is 52.5 Å². The molecule has 1 unspecified atom stereocenters. The molecule has 0 N–H and O–H groups in total. The molecular formula is C15H26N4O2. The molecule has 1 amide bonds. The summed E-state index contributed by atoms with van der Waals surface area (Å²) in [5.74, 6) is 1.17. The maximum absolute atomic E-state index is 12.2. The topological polar surface area (TPSA) is 60.1 Å². The Bertz CT molecular complexity index is 571. The van der Waals surface area contributed by atoms with E-state index in [1.807, 2.05) is 32.6 Å². The molecule has 1 fully saturated rings. The van der Waals surface area contributed by atoms with Gasteiger partial charge in [-0.2, -0.15) is 5.10 Å². The molecule has 118 valence electrons. The number of carbonyl (C=O) groups excluding carboxylic acids is 1. The van der Waals surface area contributed by atoms with E-state index in [9.17, 15) is 9.59 Å². The highest BCUT2D eigenvalue weighted by Crippen LogP contribution is 2.27. The second-order valence-corrected chi connectivity index (χ2v) is 6.51. The zero-order chi connectivity index (χ0) is 15.7. The molecule has 1 aliphatic rings. The van der Waals surface area contributed by atoms with Crippen LogP contribution in [0.1, 0.15) is 58.3 Å². The summed E-state index contributed by atoms with van der Waals surface area (Å²) in [6, 6.07) is 0.0809. The molecule has 2 heterocycles. The number of hydrogen-bond donors (Lipinski definition) is 0. The monoisotopic (exact) mass is 294 g/mol. The van der Waals surface area contributed by atoms with Gasteiger partial charge in [0.2, 0.25) is 5.91 Å². The van der Waals surface area contributed by atoms with E-state index in [4.69, 9.17) is 0 Å². The van der Waals surface area contributed by atoms with E-state index in [0.717, 1.165) is 25.2 Å². The van der Waals surface area contributed by atoms with Crippen LogP contribution in [0.4, 0.5) is 0 Å². The van der Waals surface area contributed by atoms with Crippen molar-refractivity contribution in [3.63, 3.8) is 0 Å². The van der Waals surface area contributed by atoms with Crippen LogP contribution in [0.5, 0.6) is 0 Å². The first-order chi connectivity index (χ1) is 9.82. The van der Waals surface area contributed by atoms with Crippen LogP contribution in [0.3, 0.4) is 0 Å². The minimum atomic E-state index is -0.0766. The van der Waals surface area contributed by atoms with Gasteiger partial charge in [-0.1, -0.05) is 13.8 Å². The fraction of sp³-hybridized carbons (Fsp3) is 0.800. The molecule has 0 spiro atoms. The smallest absolute Gasteiger partial charge is 0.342 e. The summed E-state index contributed by atoms with van der Waals surface area (Å²) in [4.78, 5) is 26.3. The van der Waals surface area contributed by atoms with Gasteiger partial charge in [-0.05, 0) is 26.7 Å². The normalized spacial score (nSPS) is 19.6. The zero-order valence-electron chi connectivity index (χ0n) is 13.7. The average Bonchev–Trinajstić information content (AvgIpc) is 2.74. The Morgan fingerprint density at radius 3 is 2.52 bits per heavy atom. The molecule has 6 heteroatoms. The molecule has 21 heavy (non-hydrogen) atoms. The number of piperidine rings is 1. The van der Waals surface area contributed by atoms with Crippen LogP contribution in [0.15, 0.2) is 4.79 Å². The Hall–Kier alpha value is -1.59. The van der Waals surface area contributed by atoms with Crippen LogP contribution in [-0.2, 0) is 11.8 Å². The highest BCUT2D eigenvalue weighted by molar-refractivity contribution is 5.78. The van der Waals surface area contributed by atoms with Gasteiger partial charge in [0.05, 0.1) is 0 Å². The second-order valence-electron chi connectivity index (χ2n) is 6.51. The molecule has 1 aliphatic heterocycles. The van der Waals surface area contributed by atoms with Gasteiger partial charge in [0.15, 0.2) is 0 Å². The minimum absolute atomic E-state index is 0.0137. The molecule has 1 aromatic rings. The second kappa shape index (κ2) is 6.03. The Morgan fingerprint density at radius 1 is 1.29 bits per heavy atom. The summed E-state index contributed by atoms with van der Waals surface area (Å²) in [6.07, 6.45) is 1.94. The summed E-state index contributed by atoms with van der Waals surface area (Å²) in [5.41, 5.74) is -0.0766. The summed E-state index contributed by atoms with van der Waals surface area (Å²) >= 11 is 0. The standard InChI is InChI=1S/C15H26N4O2/c1-10(2)14(20)18-8-6-7-12(9-18)13-16-17(5)15(21)19(13)11(3)4/h10-12H,6-9H2,1-5H3. The lowest BCUT2D eigenvalue weighted by Gasteiger charge is -2.33. The van der Waals surface area contributed by atoms with Crippen molar-refractivity contribution in [3.05, 3.63) is 16.3 Å². The fourth-order valence-electron chi connectivity index (χ4n) is 3.02. The van der Waals surface area contributed by atoms with E-state index < -0.39 is 0 Å². The van der Waals surface area contributed by atoms with Gasteiger partial charge >= 0.3 is 5.69 Å². The fourth-order valence-corrected chi connectivity index (χ4v) is 3.02. The van der Waals surface area contributed by atoms with Crippen molar-refractivity contribution in [2.24, 2.45) is 13.0 Å². The first-order valence-corrected chi connectivity index (χ1v) is 7.77. The number of rotatable bonds is 3. The predicted octanol–water partition coefficient (Wildman–Crippen LogP) is 1.52. The van der Waals surface area contributed by atoms with Gasteiger partial charge in [0, 0.05) is 38.0 Å². The van der Waals surface area contributed by atoms with Crippen LogP contribution in [0.25, 0.3) is 0 Å². The zero-order valence-corrected chi connectivity index (χ0v) is 13.7. The van der Waals surface area contributed by atoms with Crippen molar-refractivity contribution in [1.82, 2.24) is 19.2 Å². The lowest BCUT2D eigenvalue weighted by molar-refractivity contribution is -0.135. The molecule has 0 bridgehead atoms. The van der Waals surface area contributed by atoms with Crippen LogP contribution in [0.2, 0.25) is 0 Å². The third-order valence-corrected chi connectivity index (χ3v) is 4.09. The summed E-state index contributed by atoms with van der Waals surface area (Å²) < 4.78 is 3.16. The average molecular weight is 294 g/mol. The molecular weight excluding hydrogens is 268 g/mol. The number of nitrogens with zero attached hydrogens (tertiary/aromatic N) is 4. The van der Waals surface area contributed by atoms with Crippen LogP contribution < -0.4 is 5.69 Å². The van der Waals surface area contributed by atoms with Crippen molar-refractivity contribution < 1.29 is 4.79 Å². The molecule has 0 radical (unpaired) electrons. The first-order valence-electron chi connectivity index (χ1n) is 7.77. The van der Waals surface area contributed by atoms with Crippen LogP contribution >= 0.6 is 0 Å². The molecule has 0 aromatic carbocycles. The van der Waals surface area contributed by atoms with Gasteiger partial charge in [0.25, 0.3) is 0 Å². The molecule has 0 aliphatic carbocycles. The Labute approximate surface area is 125 Å². The van der Waals surface area contributed by atoms with Crippen LogP contribution in [-0.4, -0.2) is 38.2 Å². The summed E-state index contributed by atoms with van der Waals surface area (Å²) in [6.45, 7) is 9.32. The Balaban J connectivity index is 2.28. The van der Waals surface area contributed by atoms with E-state index in [2.05, 4.69) is 5.10 Å². The van der Waals surface area contributed by atoms with Gasteiger partial charge in [-0.15, -0.1) is 0 Å². The van der Waals surface area contributed by atoms with E-state index in [1.54, 1.807) is 11.6 Å². The highest BCUT2D eigenvalue weighted by Gasteiger charge is 2.30. The van der Waals surface area contributed by atoms with Gasteiger partial charge in [0.1, 0.15) is 5.82 Å². The summed E-state index contributed by atoms with van der Waals surface area (Å²) in [7, 11) is 1.69. The number of hydrogen-bond acceptors (Lipinski definition) is 3. The molecule has 0 saturated carbocycles. The van der Waals surface area contributed by atoms with E-state index >= 15 is 0 Å². The molecule has 1 saturated heterocycles. The number of carbonyl (C=O) groups is 1. The SMILES string of the molecule is CC(C)C(=O)N1CCCC(c2nn(C)c(=O)n2C(C)C)C1. The Kier molecular flexibility index (Phi) is 4.54. The lowest BCUT2D eigenvalue weighted by Crippen LogP contribution is -2.42. The van der Waals surface area contributed by atoms with Gasteiger partial charge in [-0.3, -0.25) is 9.36 Å². The minimum Gasteiger partial charge on any atom is -0.342 e. The van der Waals surface area contributed by atoms with Crippen molar-refractivity contribution in [1.29, 1.82) is 0 Å². The number of amides is 1. The largest absolute Gasteiger partial charge is 0.345 e. The number of likely N-dealkylation sites (tertiary alicyclic amines) is 1. The van der Waals surface area contributed by atoms with E-state index in [0.29, 0.717) is 6.54 Å². The quantitative estimate of drug-likeness (QED) is 0.849. The third kappa shape index (κ3) is 3.04. The molecule has 2 rings (SSSR count). The van der Waals surface area contributed by atoms with E-state index in [-0.39, 0.29) is 29.5 Å². The molecule has 1 aromatic heterocycles. The number of aromatic nitrogens is 3.